The summed E-state index contributed by atoms with van der Waals surface area (Å²) in [5.74, 6) is -1.00. The van der Waals surface area contributed by atoms with Crippen molar-refractivity contribution in [1.82, 2.24) is 10.2 Å². The van der Waals surface area contributed by atoms with Gasteiger partial charge in [0.25, 0.3) is 10.0 Å². The Kier molecular flexibility index (Phi) is 12.4. The lowest BCUT2D eigenvalue weighted by atomic mass is 10.0. The van der Waals surface area contributed by atoms with Crippen molar-refractivity contribution in [3.63, 3.8) is 0 Å². The Morgan fingerprint density at radius 2 is 1.35 bits per heavy atom. The van der Waals surface area contributed by atoms with Crippen LogP contribution >= 0.6 is 46.4 Å². The Labute approximate surface area is 290 Å². The van der Waals surface area contributed by atoms with E-state index in [2.05, 4.69) is 5.32 Å². The van der Waals surface area contributed by atoms with Crippen LogP contribution in [0.15, 0.2) is 102 Å². The molecule has 0 saturated heterocycles. The molecule has 1 N–H and O–H groups in total. The zero-order chi connectivity index (χ0) is 33.4. The predicted octanol–water partition coefficient (Wildman–Crippen LogP) is 8.05. The Balaban J connectivity index is 1.83. The summed E-state index contributed by atoms with van der Waals surface area (Å²) < 4.78 is 29.1. The highest BCUT2D eigenvalue weighted by Gasteiger charge is 2.35. The van der Waals surface area contributed by atoms with Crippen LogP contribution in [0.5, 0.6) is 0 Å². The van der Waals surface area contributed by atoms with Crippen molar-refractivity contribution in [3.8, 4) is 0 Å². The minimum absolute atomic E-state index is 0.0275. The molecule has 46 heavy (non-hydrogen) atoms. The second-order valence-electron chi connectivity index (χ2n) is 10.7. The summed E-state index contributed by atoms with van der Waals surface area (Å²) in [5.41, 5.74) is 1.55. The third-order valence-electron chi connectivity index (χ3n) is 7.41. The van der Waals surface area contributed by atoms with Gasteiger partial charge in [0.05, 0.1) is 30.7 Å². The average molecular weight is 722 g/mol. The number of rotatable bonds is 13. The van der Waals surface area contributed by atoms with Crippen molar-refractivity contribution < 1.29 is 18.0 Å². The van der Waals surface area contributed by atoms with Crippen LogP contribution in [0.3, 0.4) is 0 Å². The molecule has 0 aliphatic carbocycles. The Morgan fingerprint density at radius 1 is 0.761 bits per heavy atom. The molecule has 0 aliphatic rings. The Morgan fingerprint density at radius 3 is 1.93 bits per heavy atom. The van der Waals surface area contributed by atoms with Crippen LogP contribution in [0.1, 0.15) is 31.4 Å². The first-order chi connectivity index (χ1) is 21.9. The van der Waals surface area contributed by atoms with E-state index in [4.69, 9.17) is 46.4 Å². The quantitative estimate of drug-likeness (QED) is 0.152. The number of amides is 2. The Bertz CT molecular complexity index is 1780. The molecule has 0 radical (unpaired) electrons. The van der Waals surface area contributed by atoms with Crippen LogP contribution in [-0.4, -0.2) is 43.8 Å². The molecule has 0 aromatic heterocycles. The third-order valence-corrected chi connectivity index (χ3v) is 10.7. The number of carbonyl (C=O) groups is 2. The van der Waals surface area contributed by atoms with Crippen molar-refractivity contribution in [2.45, 2.75) is 50.2 Å². The van der Waals surface area contributed by atoms with Gasteiger partial charge in [-0.1, -0.05) is 108 Å². The van der Waals surface area contributed by atoms with Gasteiger partial charge in [-0.15, -0.1) is 0 Å². The van der Waals surface area contributed by atoms with E-state index < -0.39 is 28.5 Å². The zero-order valence-corrected chi connectivity index (χ0v) is 29.0. The van der Waals surface area contributed by atoms with Crippen LogP contribution in [0.4, 0.5) is 5.69 Å². The molecule has 4 aromatic rings. The first-order valence-electron chi connectivity index (χ1n) is 14.5. The molecular formula is C34H33Cl4N3O4S. The van der Waals surface area contributed by atoms with Gasteiger partial charge in [0.1, 0.15) is 12.6 Å². The smallest absolute Gasteiger partial charge is 0.264 e. The Hall–Kier alpha value is -3.27. The summed E-state index contributed by atoms with van der Waals surface area (Å²) in [6.07, 6.45) is 0.847. The van der Waals surface area contributed by atoms with Crippen molar-refractivity contribution in [3.05, 3.63) is 128 Å². The molecular weight excluding hydrogens is 688 g/mol. The van der Waals surface area contributed by atoms with Gasteiger partial charge < -0.3 is 10.2 Å². The summed E-state index contributed by atoms with van der Waals surface area (Å²) in [6.45, 7) is 3.13. The van der Waals surface area contributed by atoms with E-state index in [-0.39, 0.29) is 50.6 Å². The number of nitrogens with one attached hydrogen (secondary N) is 1. The number of sulfonamides is 1. The molecule has 242 valence electrons. The van der Waals surface area contributed by atoms with E-state index in [1.807, 2.05) is 44.2 Å². The van der Waals surface area contributed by atoms with Crippen LogP contribution in [0.2, 0.25) is 20.1 Å². The van der Waals surface area contributed by atoms with Gasteiger partial charge in [0.2, 0.25) is 11.8 Å². The van der Waals surface area contributed by atoms with Crippen LogP contribution < -0.4 is 9.62 Å². The van der Waals surface area contributed by atoms with Crippen molar-refractivity contribution in [1.29, 1.82) is 0 Å². The van der Waals surface area contributed by atoms with Gasteiger partial charge in [-0.25, -0.2) is 8.42 Å². The summed E-state index contributed by atoms with van der Waals surface area (Å²) in [6, 6.07) is 25.1. The third kappa shape index (κ3) is 8.96. The minimum atomic E-state index is -4.28. The molecule has 0 heterocycles. The fraction of sp³-hybridized carbons (Fsp3) is 0.235. The lowest BCUT2D eigenvalue weighted by Gasteiger charge is -2.34. The predicted molar refractivity (Wildman–Crippen MR) is 186 cm³/mol. The highest BCUT2D eigenvalue weighted by molar-refractivity contribution is 7.92. The number of benzene rings is 4. The highest BCUT2D eigenvalue weighted by atomic mass is 35.5. The second kappa shape index (κ2) is 16.0. The number of hydrogen-bond acceptors (Lipinski definition) is 4. The standard InChI is InChI=1S/C34H33Cl4N3O4S/c1-3-23(2)39-34(43)32(19-24-10-6-4-7-11-24)40(21-25-14-16-28(35)30(37)18-25)33(42)22-41(26-15-17-29(36)31(38)20-26)46(44,45)27-12-8-5-9-13-27/h4-18,20,23,32H,3,19,21-22H2,1-2H3,(H,39,43)/t23-,32-/m1/s1. The molecule has 7 nitrogen and oxygen atoms in total. The van der Waals surface area contributed by atoms with E-state index in [0.717, 1.165) is 9.87 Å². The van der Waals surface area contributed by atoms with Gasteiger partial charge in [-0.2, -0.15) is 0 Å². The molecule has 4 aromatic carbocycles. The van der Waals surface area contributed by atoms with E-state index in [1.165, 1.54) is 35.2 Å². The van der Waals surface area contributed by atoms with Gasteiger partial charge in [-0.3, -0.25) is 13.9 Å². The summed E-state index contributed by atoms with van der Waals surface area (Å²) in [4.78, 5) is 29.8. The van der Waals surface area contributed by atoms with Crippen molar-refractivity contribution >= 4 is 73.9 Å². The van der Waals surface area contributed by atoms with E-state index in [9.17, 15) is 18.0 Å². The van der Waals surface area contributed by atoms with Gasteiger partial charge in [0.15, 0.2) is 0 Å². The van der Waals surface area contributed by atoms with Crippen LogP contribution in [0.25, 0.3) is 0 Å². The van der Waals surface area contributed by atoms with E-state index >= 15 is 0 Å². The number of halogens is 4. The lowest BCUT2D eigenvalue weighted by Crippen LogP contribution is -2.54. The maximum Gasteiger partial charge on any atom is 0.264 e. The number of carbonyl (C=O) groups excluding carboxylic acids is 2. The van der Waals surface area contributed by atoms with Crippen LogP contribution in [0, 0.1) is 0 Å². The molecule has 12 heteroatoms. The topological polar surface area (TPSA) is 86.8 Å². The largest absolute Gasteiger partial charge is 0.352 e. The molecule has 0 bridgehead atoms. The number of anilines is 1. The highest BCUT2D eigenvalue weighted by Crippen LogP contribution is 2.31. The average Bonchev–Trinajstić information content (AvgIpc) is 3.05. The second-order valence-corrected chi connectivity index (χ2v) is 14.2. The molecule has 2 amide bonds. The first kappa shape index (κ1) is 35.6. The van der Waals surface area contributed by atoms with Gasteiger partial charge in [-0.05, 0) is 66.9 Å². The summed E-state index contributed by atoms with van der Waals surface area (Å²) in [5, 5.41) is 3.95. The molecule has 0 unspecified atom stereocenters. The molecule has 0 spiro atoms. The minimum Gasteiger partial charge on any atom is -0.352 e. The maximum absolute atomic E-state index is 14.5. The molecule has 0 fully saturated rings. The van der Waals surface area contributed by atoms with Gasteiger partial charge in [0, 0.05) is 19.0 Å². The van der Waals surface area contributed by atoms with Crippen LogP contribution in [-0.2, 0) is 32.6 Å². The van der Waals surface area contributed by atoms with E-state index in [0.29, 0.717) is 17.0 Å². The lowest BCUT2D eigenvalue weighted by molar-refractivity contribution is -0.140. The normalized spacial score (nSPS) is 12.7. The summed E-state index contributed by atoms with van der Waals surface area (Å²) >= 11 is 25.0. The van der Waals surface area contributed by atoms with E-state index in [1.54, 1.807) is 36.4 Å². The molecule has 2 atom stereocenters. The maximum atomic E-state index is 14.5. The number of hydrogen-bond donors (Lipinski definition) is 1. The fourth-order valence-corrected chi connectivity index (χ4v) is 6.76. The van der Waals surface area contributed by atoms with Crippen molar-refractivity contribution in [2.24, 2.45) is 0 Å². The zero-order valence-electron chi connectivity index (χ0n) is 25.2. The molecule has 0 aliphatic heterocycles. The molecule has 0 saturated carbocycles. The van der Waals surface area contributed by atoms with Crippen molar-refractivity contribution in [2.75, 3.05) is 10.8 Å². The monoisotopic (exact) mass is 719 g/mol. The van der Waals surface area contributed by atoms with Gasteiger partial charge >= 0.3 is 0 Å². The first-order valence-corrected chi connectivity index (χ1v) is 17.5. The SMILES string of the molecule is CC[C@@H](C)NC(=O)[C@@H](Cc1ccccc1)N(Cc1ccc(Cl)c(Cl)c1)C(=O)CN(c1ccc(Cl)c(Cl)c1)S(=O)(=O)c1ccccc1. The fourth-order valence-electron chi connectivity index (χ4n) is 4.72. The summed E-state index contributed by atoms with van der Waals surface area (Å²) in [7, 11) is -4.28. The number of nitrogens with zero attached hydrogens (tertiary/aromatic N) is 2. The molecule has 4 rings (SSSR count).